The Hall–Kier alpha value is -3.45. The molecular formula is C25H26N4O3. The van der Waals surface area contributed by atoms with Gasteiger partial charge in [-0.1, -0.05) is 56.3 Å². The Morgan fingerprint density at radius 1 is 1.09 bits per heavy atom. The monoisotopic (exact) mass is 430 g/mol. The molecule has 0 saturated carbocycles. The van der Waals surface area contributed by atoms with Gasteiger partial charge in [-0.25, -0.2) is 4.98 Å². The first kappa shape index (κ1) is 20.5. The fraction of sp³-hybridized carbons (Fsp3) is 0.320. The molecule has 0 unspecified atom stereocenters. The van der Waals surface area contributed by atoms with E-state index in [9.17, 15) is 10.1 Å². The molecule has 1 aliphatic rings. The standard InChI is InChI=1S/C25H26N4O3/c1-17(2)25-26-24-22(14-20(15-23(24)29(30)31)27-10-12-32-13-11-27)28(25)16-19-8-5-7-18-6-3-4-9-21(18)19/h3-9,14-15,17H,10-13,16H2,1-2H3. The fourth-order valence-electron chi connectivity index (χ4n) is 4.56. The number of imidazole rings is 1. The summed E-state index contributed by atoms with van der Waals surface area (Å²) in [6.07, 6.45) is 0. The van der Waals surface area contributed by atoms with E-state index in [1.54, 1.807) is 6.07 Å². The highest BCUT2D eigenvalue weighted by Gasteiger charge is 2.25. The molecule has 1 aliphatic heterocycles. The Morgan fingerprint density at radius 3 is 2.59 bits per heavy atom. The Morgan fingerprint density at radius 2 is 1.84 bits per heavy atom. The second kappa shape index (κ2) is 8.24. The van der Waals surface area contributed by atoms with Crippen molar-refractivity contribution in [1.82, 2.24) is 9.55 Å². The summed E-state index contributed by atoms with van der Waals surface area (Å²) in [6.45, 7) is 7.45. The van der Waals surface area contributed by atoms with E-state index in [2.05, 4.69) is 59.7 Å². The second-order valence-corrected chi connectivity index (χ2v) is 8.54. The number of nitrogens with zero attached hydrogens (tertiary/aromatic N) is 4. The minimum Gasteiger partial charge on any atom is -0.378 e. The molecule has 32 heavy (non-hydrogen) atoms. The molecule has 1 saturated heterocycles. The molecule has 0 bridgehead atoms. The molecule has 2 heterocycles. The number of hydrogen-bond acceptors (Lipinski definition) is 5. The molecule has 4 aromatic rings. The SMILES string of the molecule is CC(C)c1nc2c([N+](=O)[O-])cc(N3CCOCC3)cc2n1Cc1cccc2ccccc12. The van der Waals surface area contributed by atoms with Crippen molar-refractivity contribution in [3.8, 4) is 0 Å². The Labute approximate surface area is 186 Å². The van der Waals surface area contributed by atoms with Gasteiger partial charge in [0.05, 0.1) is 23.7 Å². The van der Waals surface area contributed by atoms with E-state index in [0.717, 1.165) is 30.1 Å². The average Bonchev–Trinajstić information content (AvgIpc) is 3.18. The number of aromatic nitrogens is 2. The van der Waals surface area contributed by atoms with Crippen LogP contribution in [-0.2, 0) is 11.3 Å². The molecule has 0 amide bonds. The first-order chi connectivity index (χ1) is 15.5. The number of morpholine rings is 1. The number of hydrogen-bond donors (Lipinski definition) is 0. The van der Waals surface area contributed by atoms with Crippen molar-refractivity contribution in [3.05, 3.63) is 76.1 Å². The van der Waals surface area contributed by atoms with Crippen LogP contribution in [0.2, 0.25) is 0 Å². The number of nitro groups is 1. The van der Waals surface area contributed by atoms with Gasteiger partial charge in [-0.15, -0.1) is 0 Å². The summed E-state index contributed by atoms with van der Waals surface area (Å²) in [5.74, 6) is 0.985. The van der Waals surface area contributed by atoms with E-state index in [1.807, 2.05) is 12.1 Å². The van der Waals surface area contributed by atoms with Crippen LogP contribution in [0.1, 0.15) is 31.2 Å². The van der Waals surface area contributed by atoms with Gasteiger partial charge in [0, 0.05) is 37.3 Å². The van der Waals surface area contributed by atoms with E-state index >= 15 is 0 Å². The molecule has 7 heteroatoms. The minimum absolute atomic E-state index is 0.0579. The van der Waals surface area contributed by atoms with Gasteiger partial charge in [0.15, 0.2) is 5.52 Å². The van der Waals surface area contributed by atoms with Crippen LogP contribution in [0.25, 0.3) is 21.8 Å². The number of ether oxygens (including phenoxy) is 1. The molecule has 0 spiro atoms. The van der Waals surface area contributed by atoms with E-state index in [4.69, 9.17) is 9.72 Å². The summed E-state index contributed by atoms with van der Waals surface area (Å²) in [7, 11) is 0. The number of benzene rings is 3. The third-order valence-corrected chi connectivity index (χ3v) is 6.15. The van der Waals surface area contributed by atoms with Crippen molar-refractivity contribution in [2.45, 2.75) is 26.3 Å². The first-order valence-corrected chi connectivity index (χ1v) is 11.0. The van der Waals surface area contributed by atoms with Crippen molar-refractivity contribution in [2.24, 2.45) is 0 Å². The first-order valence-electron chi connectivity index (χ1n) is 11.0. The van der Waals surface area contributed by atoms with Gasteiger partial charge in [-0.05, 0) is 22.4 Å². The highest BCUT2D eigenvalue weighted by molar-refractivity contribution is 5.90. The lowest BCUT2D eigenvalue weighted by atomic mass is 10.0. The Balaban J connectivity index is 1.72. The lowest BCUT2D eigenvalue weighted by Crippen LogP contribution is -2.36. The molecule has 7 nitrogen and oxygen atoms in total. The van der Waals surface area contributed by atoms with Crippen LogP contribution < -0.4 is 4.90 Å². The second-order valence-electron chi connectivity index (χ2n) is 8.54. The molecule has 1 aromatic heterocycles. The van der Waals surface area contributed by atoms with Crippen LogP contribution in [0, 0.1) is 10.1 Å². The van der Waals surface area contributed by atoms with E-state index in [1.165, 1.54) is 16.3 Å². The van der Waals surface area contributed by atoms with E-state index in [0.29, 0.717) is 25.3 Å². The van der Waals surface area contributed by atoms with Crippen LogP contribution in [0.3, 0.4) is 0 Å². The van der Waals surface area contributed by atoms with Gasteiger partial charge < -0.3 is 14.2 Å². The molecule has 0 atom stereocenters. The van der Waals surface area contributed by atoms with E-state index in [-0.39, 0.29) is 16.5 Å². The number of anilines is 1. The normalized spacial score (nSPS) is 14.5. The fourth-order valence-corrected chi connectivity index (χ4v) is 4.56. The molecular weight excluding hydrogens is 404 g/mol. The van der Waals surface area contributed by atoms with Gasteiger partial charge in [0.1, 0.15) is 5.82 Å². The van der Waals surface area contributed by atoms with Gasteiger partial charge in [0.25, 0.3) is 5.69 Å². The third-order valence-electron chi connectivity index (χ3n) is 6.15. The Kier molecular flexibility index (Phi) is 5.27. The average molecular weight is 431 g/mol. The molecule has 0 aliphatic carbocycles. The van der Waals surface area contributed by atoms with Crippen molar-refractivity contribution < 1.29 is 9.66 Å². The summed E-state index contributed by atoms with van der Waals surface area (Å²) >= 11 is 0. The lowest BCUT2D eigenvalue weighted by Gasteiger charge is -2.28. The predicted molar refractivity (Wildman–Crippen MR) is 127 cm³/mol. The zero-order valence-corrected chi connectivity index (χ0v) is 18.3. The largest absolute Gasteiger partial charge is 0.378 e. The third kappa shape index (κ3) is 3.58. The molecule has 0 N–H and O–H groups in total. The molecule has 0 radical (unpaired) electrons. The van der Waals surface area contributed by atoms with Crippen LogP contribution >= 0.6 is 0 Å². The summed E-state index contributed by atoms with van der Waals surface area (Å²) in [4.78, 5) is 18.6. The topological polar surface area (TPSA) is 73.4 Å². The van der Waals surface area contributed by atoms with Gasteiger partial charge in [0.2, 0.25) is 0 Å². The zero-order chi connectivity index (χ0) is 22.2. The molecule has 5 rings (SSSR count). The minimum atomic E-state index is -0.314. The summed E-state index contributed by atoms with van der Waals surface area (Å²) < 4.78 is 7.62. The van der Waals surface area contributed by atoms with Crippen LogP contribution in [0.15, 0.2) is 54.6 Å². The molecule has 3 aromatic carbocycles. The number of rotatable bonds is 5. The van der Waals surface area contributed by atoms with E-state index < -0.39 is 0 Å². The smallest absolute Gasteiger partial charge is 0.299 e. The number of fused-ring (bicyclic) bond motifs is 2. The van der Waals surface area contributed by atoms with Gasteiger partial charge >= 0.3 is 0 Å². The van der Waals surface area contributed by atoms with Crippen LogP contribution in [0.5, 0.6) is 0 Å². The summed E-state index contributed by atoms with van der Waals surface area (Å²) in [6, 6.07) is 18.3. The van der Waals surface area contributed by atoms with Crippen LogP contribution in [0.4, 0.5) is 11.4 Å². The lowest BCUT2D eigenvalue weighted by molar-refractivity contribution is -0.383. The predicted octanol–water partition coefficient (Wildman–Crippen LogP) is 5.11. The highest BCUT2D eigenvalue weighted by atomic mass is 16.6. The molecule has 164 valence electrons. The quantitative estimate of drug-likeness (QED) is 0.325. The number of nitro benzene ring substituents is 1. The van der Waals surface area contributed by atoms with Gasteiger partial charge in [-0.2, -0.15) is 0 Å². The maximum atomic E-state index is 12.0. The zero-order valence-electron chi connectivity index (χ0n) is 18.3. The van der Waals surface area contributed by atoms with Gasteiger partial charge in [-0.3, -0.25) is 10.1 Å². The van der Waals surface area contributed by atoms with Crippen LogP contribution in [-0.4, -0.2) is 40.8 Å². The van der Waals surface area contributed by atoms with Crippen molar-refractivity contribution >= 4 is 33.2 Å². The summed E-state index contributed by atoms with van der Waals surface area (Å²) in [5, 5.41) is 14.4. The van der Waals surface area contributed by atoms with Crippen molar-refractivity contribution in [3.63, 3.8) is 0 Å². The molecule has 1 fully saturated rings. The Bertz CT molecular complexity index is 1300. The summed E-state index contributed by atoms with van der Waals surface area (Å²) in [5.41, 5.74) is 3.33. The van der Waals surface area contributed by atoms with Crippen molar-refractivity contribution in [1.29, 1.82) is 0 Å². The number of non-ortho nitro benzene ring substituents is 1. The maximum absolute atomic E-state index is 12.0. The van der Waals surface area contributed by atoms with Crippen molar-refractivity contribution in [2.75, 3.05) is 31.2 Å². The maximum Gasteiger partial charge on any atom is 0.299 e. The highest BCUT2D eigenvalue weighted by Crippen LogP contribution is 2.35.